The third kappa shape index (κ3) is 2.38. The normalized spacial score (nSPS) is 21.5. The van der Waals surface area contributed by atoms with Gasteiger partial charge in [-0.25, -0.2) is 4.39 Å². The zero-order chi connectivity index (χ0) is 15.3. The minimum atomic E-state index is -1.05. The van der Waals surface area contributed by atoms with E-state index in [4.69, 9.17) is 0 Å². The maximum absolute atomic E-state index is 13.3. The highest BCUT2D eigenvalue weighted by Crippen LogP contribution is 2.48. The molecule has 0 atom stereocenters. The highest BCUT2D eigenvalue weighted by molar-refractivity contribution is 8.26. The molecule has 2 fully saturated rings. The first kappa shape index (κ1) is 14.3. The molecular formula is C18H23FN2S. The van der Waals surface area contributed by atoms with Crippen LogP contribution in [0.3, 0.4) is 0 Å². The number of nitrogens with zero attached hydrogens (tertiary/aromatic N) is 1. The van der Waals surface area contributed by atoms with Crippen molar-refractivity contribution in [2.45, 2.75) is 36.9 Å². The minimum Gasteiger partial charge on any atom is -0.361 e. The smallest absolute Gasteiger partial charge is 0.125 e. The van der Waals surface area contributed by atoms with Gasteiger partial charge in [-0.2, -0.15) is 9.39 Å². The summed E-state index contributed by atoms with van der Waals surface area (Å²) in [6, 6.07) is 5.05. The lowest BCUT2D eigenvalue weighted by Crippen LogP contribution is -2.31. The van der Waals surface area contributed by atoms with Crippen molar-refractivity contribution in [2.24, 2.45) is 0 Å². The van der Waals surface area contributed by atoms with E-state index in [0.29, 0.717) is 5.92 Å². The van der Waals surface area contributed by atoms with Gasteiger partial charge in [-0.3, -0.25) is 4.31 Å². The van der Waals surface area contributed by atoms with E-state index in [1.807, 2.05) is 6.07 Å². The summed E-state index contributed by atoms with van der Waals surface area (Å²) in [5.74, 6) is 9.29. The van der Waals surface area contributed by atoms with Gasteiger partial charge in [0.1, 0.15) is 5.82 Å². The number of H-pyrrole nitrogens is 1. The lowest BCUT2D eigenvalue weighted by molar-refractivity contribution is 0.345. The first-order valence-electron chi connectivity index (χ1n) is 8.05. The van der Waals surface area contributed by atoms with Crippen molar-refractivity contribution in [3.05, 3.63) is 35.8 Å². The van der Waals surface area contributed by atoms with Crippen LogP contribution in [0.4, 0.5) is 4.39 Å². The van der Waals surface area contributed by atoms with Gasteiger partial charge in [-0.1, -0.05) is 11.7 Å². The van der Waals surface area contributed by atoms with E-state index >= 15 is 0 Å². The molecule has 22 heavy (non-hydrogen) atoms. The molecule has 2 heterocycles. The average molecular weight is 318 g/mol. The van der Waals surface area contributed by atoms with Gasteiger partial charge in [0.25, 0.3) is 0 Å². The minimum absolute atomic E-state index is 0.178. The topological polar surface area (TPSA) is 19.0 Å². The van der Waals surface area contributed by atoms with Gasteiger partial charge in [0, 0.05) is 35.4 Å². The van der Waals surface area contributed by atoms with Crippen molar-refractivity contribution < 1.29 is 4.39 Å². The Morgan fingerprint density at radius 3 is 2.55 bits per heavy atom. The van der Waals surface area contributed by atoms with Crippen LogP contribution in [-0.4, -0.2) is 39.4 Å². The largest absolute Gasteiger partial charge is 0.361 e. The third-order valence-electron chi connectivity index (χ3n) is 5.23. The molecule has 4 rings (SSSR count). The lowest BCUT2D eigenvalue weighted by atomic mass is 9.90. The Balaban J connectivity index is 1.53. The number of piperidine rings is 1. The second-order valence-corrected chi connectivity index (χ2v) is 9.72. The number of aromatic amines is 1. The molecule has 2 aliphatic rings. The Morgan fingerprint density at radius 1 is 1.14 bits per heavy atom. The first-order chi connectivity index (χ1) is 10.6. The Morgan fingerprint density at radius 2 is 1.86 bits per heavy atom. The van der Waals surface area contributed by atoms with Crippen molar-refractivity contribution in [1.82, 2.24) is 9.29 Å². The Hall–Kier alpha value is -1.26. The zero-order valence-corrected chi connectivity index (χ0v) is 13.7. The van der Waals surface area contributed by atoms with E-state index in [9.17, 15) is 4.39 Å². The van der Waals surface area contributed by atoms with Gasteiger partial charge in [0.05, 0.1) is 0 Å². The van der Waals surface area contributed by atoms with Crippen LogP contribution < -0.4 is 0 Å². The molecule has 4 heteroatoms. The summed E-state index contributed by atoms with van der Waals surface area (Å²) < 4.78 is 15.9. The quantitative estimate of drug-likeness (QED) is 0.839. The number of hydrogen-bond donors (Lipinski definition) is 1. The highest BCUT2D eigenvalue weighted by Gasteiger charge is 2.32. The SMILES string of the molecule is C=S(=C)(C1CC1)N1CCC(c2c[nH]c3cc(F)ccc23)CC1. The van der Waals surface area contributed by atoms with Crippen molar-refractivity contribution in [1.29, 1.82) is 0 Å². The third-order valence-corrected chi connectivity index (χ3v) is 8.33. The monoisotopic (exact) mass is 318 g/mol. The van der Waals surface area contributed by atoms with E-state index in [2.05, 4.69) is 27.2 Å². The average Bonchev–Trinajstić information content (AvgIpc) is 3.29. The van der Waals surface area contributed by atoms with Crippen LogP contribution in [0, 0.1) is 5.82 Å². The van der Waals surface area contributed by atoms with Crippen LogP contribution in [0.15, 0.2) is 24.4 Å². The van der Waals surface area contributed by atoms with Gasteiger partial charge in [0.15, 0.2) is 0 Å². The molecule has 0 radical (unpaired) electrons. The summed E-state index contributed by atoms with van der Waals surface area (Å²) in [7, 11) is -1.05. The van der Waals surface area contributed by atoms with Crippen LogP contribution in [0.5, 0.6) is 0 Å². The summed E-state index contributed by atoms with van der Waals surface area (Å²) >= 11 is 0. The molecular weight excluding hydrogens is 295 g/mol. The number of fused-ring (bicyclic) bond motifs is 1. The molecule has 0 unspecified atom stereocenters. The second-order valence-electron chi connectivity index (χ2n) is 6.74. The predicted octanol–water partition coefficient (Wildman–Crippen LogP) is 4.23. The summed E-state index contributed by atoms with van der Waals surface area (Å²) in [6.45, 7) is 2.19. The number of rotatable bonds is 3. The Kier molecular flexibility index (Phi) is 3.35. The highest BCUT2D eigenvalue weighted by atomic mass is 32.2. The van der Waals surface area contributed by atoms with E-state index in [1.165, 1.54) is 23.8 Å². The van der Waals surface area contributed by atoms with Crippen LogP contribution in [0.2, 0.25) is 0 Å². The lowest BCUT2D eigenvalue weighted by Gasteiger charge is -2.37. The van der Waals surface area contributed by atoms with Crippen molar-refractivity contribution in [3.63, 3.8) is 0 Å². The van der Waals surface area contributed by atoms with Crippen molar-refractivity contribution >= 4 is 32.0 Å². The van der Waals surface area contributed by atoms with E-state index in [1.54, 1.807) is 12.1 Å². The van der Waals surface area contributed by atoms with Gasteiger partial charge in [-0.15, -0.1) is 0 Å². The molecule has 1 aromatic heterocycles. The molecule has 0 bridgehead atoms. The van der Waals surface area contributed by atoms with Crippen LogP contribution in [-0.2, 0) is 0 Å². The fraction of sp³-hybridized carbons (Fsp3) is 0.444. The van der Waals surface area contributed by atoms with Crippen LogP contribution in [0.25, 0.3) is 10.9 Å². The first-order valence-corrected chi connectivity index (χ1v) is 10.0. The summed E-state index contributed by atoms with van der Waals surface area (Å²) in [6.07, 6.45) is 7.00. The summed E-state index contributed by atoms with van der Waals surface area (Å²) in [5, 5.41) is 1.94. The fourth-order valence-electron chi connectivity index (χ4n) is 3.71. The number of halogens is 1. The molecule has 2 nitrogen and oxygen atoms in total. The number of hydrogen-bond acceptors (Lipinski definition) is 1. The molecule has 2 aromatic rings. The van der Waals surface area contributed by atoms with Crippen LogP contribution in [0.1, 0.15) is 37.2 Å². The molecule has 1 saturated carbocycles. The van der Waals surface area contributed by atoms with E-state index in [-0.39, 0.29) is 5.82 Å². The zero-order valence-electron chi connectivity index (χ0n) is 12.9. The maximum Gasteiger partial charge on any atom is 0.125 e. The molecule has 1 saturated heterocycles. The van der Waals surface area contributed by atoms with E-state index in [0.717, 1.165) is 36.7 Å². The molecule has 1 aliphatic carbocycles. The fourth-order valence-corrected chi connectivity index (χ4v) is 6.08. The van der Waals surface area contributed by atoms with Gasteiger partial charge < -0.3 is 4.98 Å². The maximum atomic E-state index is 13.3. The molecule has 0 amide bonds. The Labute approximate surface area is 131 Å². The predicted molar refractivity (Wildman–Crippen MR) is 96.7 cm³/mol. The van der Waals surface area contributed by atoms with Gasteiger partial charge in [-0.05, 0) is 55.4 Å². The van der Waals surface area contributed by atoms with Crippen molar-refractivity contribution in [3.8, 4) is 0 Å². The second kappa shape index (κ2) is 5.14. The van der Waals surface area contributed by atoms with E-state index < -0.39 is 9.39 Å². The molecule has 1 N–H and O–H groups in total. The van der Waals surface area contributed by atoms with Gasteiger partial charge in [0.2, 0.25) is 0 Å². The van der Waals surface area contributed by atoms with Crippen LogP contribution >= 0.6 is 9.39 Å². The molecule has 1 aromatic carbocycles. The Bertz CT molecular complexity index is 794. The number of aromatic nitrogens is 1. The number of nitrogens with one attached hydrogen (secondary N) is 1. The van der Waals surface area contributed by atoms with Gasteiger partial charge >= 0.3 is 0 Å². The summed E-state index contributed by atoms with van der Waals surface area (Å²) in [4.78, 5) is 3.22. The van der Waals surface area contributed by atoms with Crippen molar-refractivity contribution in [2.75, 3.05) is 13.1 Å². The molecule has 1 aliphatic heterocycles. The number of benzene rings is 1. The molecule has 0 spiro atoms. The standard InChI is InChI=1S/C18H23FN2S/c1-22(2,15-4-5-15)21-9-7-13(8-10-21)17-12-20-18-11-14(19)3-6-16(17)18/h3,6,11-13,15,20H,1-2,4-5,7-10H2. The molecule has 118 valence electrons. The summed E-state index contributed by atoms with van der Waals surface area (Å²) in [5.41, 5.74) is 2.25.